The van der Waals surface area contributed by atoms with E-state index in [2.05, 4.69) is 10.1 Å². The third-order valence-corrected chi connectivity index (χ3v) is 2.02. The highest BCUT2D eigenvalue weighted by molar-refractivity contribution is 7.12. The van der Waals surface area contributed by atoms with Crippen molar-refractivity contribution in [2.75, 3.05) is 5.73 Å². The van der Waals surface area contributed by atoms with Crippen molar-refractivity contribution in [1.82, 2.24) is 14.8 Å². The molecule has 56 valence electrons. The number of nitrogens with zero attached hydrogens (tertiary/aromatic N) is 3. The predicted octanol–water partition coefficient (Wildman–Crippen LogP) is 0.911. The van der Waals surface area contributed by atoms with E-state index in [9.17, 15) is 0 Å². The summed E-state index contributed by atoms with van der Waals surface area (Å²) in [5.41, 5.74) is 7.19. The van der Waals surface area contributed by atoms with Crippen molar-refractivity contribution >= 4 is 17.2 Å². The molecule has 2 aromatic rings. The molecule has 11 heavy (non-hydrogen) atoms. The first kappa shape index (κ1) is 6.36. The fourth-order valence-corrected chi connectivity index (χ4v) is 1.34. The molecule has 0 saturated carbocycles. The van der Waals surface area contributed by atoms with Crippen LogP contribution in [0.25, 0.3) is 5.00 Å². The van der Waals surface area contributed by atoms with Gasteiger partial charge < -0.3 is 5.73 Å². The monoisotopic (exact) mass is 166 g/mol. The Kier molecular flexibility index (Phi) is 1.36. The van der Waals surface area contributed by atoms with Crippen LogP contribution in [0.3, 0.4) is 0 Å². The fraction of sp³-hybridized carbons (Fsp3) is 0. The van der Waals surface area contributed by atoms with Gasteiger partial charge in [-0.15, -0.1) is 16.4 Å². The van der Waals surface area contributed by atoms with Crippen LogP contribution >= 0.6 is 11.3 Å². The molecule has 0 unspecified atom stereocenters. The molecule has 0 spiro atoms. The van der Waals surface area contributed by atoms with E-state index >= 15 is 0 Å². The van der Waals surface area contributed by atoms with Crippen LogP contribution in [-0.4, -0.2) is 14.8 Å². The summed E-state index contributed by atoms with van der Waals surface area (Å²) in [6.07, 6.45) is 3.56. The first-order valence-corrected chi connectivity index (χ1v) is 3.94. The van der Waals surface area contributed by atoms with Crippen LogP contribution in [0.15, 0.2) is 24.0 Å². The molecular weight excluding hydrogens is 160 g/mol. The number of hydrogen-bond acceptors (Lipinski definition) is 4. The van der Waals surface area contributed by atoms with Gasteiger partial charge in [0.25, 0.3) is 0 Å². The molecule has 2 heterocycles. The van der Waals surface area contributed by atoms with Gasteiger partial charge in [0, 0.05) is 12.3 Å². The highest BCUT2D eigenvalue weighted by Crippen LogP contribution is 2.11. The quantitative estimate of drug-likeness (QED) is 0.685. The number of thiazole rings is 1. The van der Waals surface area contributed by atoms with Crippen molar-refractivity contribution in [3.63, 3.8) is 0 Å². The number of rotatable bonds is 1. The predicted molar refractivity (Wildman–Crippen MR) is 43.6 cm³/mol. The van der Waals surface area contributed by atoms with E-state index in [1.807, 2.05) is 6.20 Å². The second-order valence-corrected chi connectivity index (χ2v) is 2.89. The molecule has 0 aromatic carbocycles. The molecule has 0 bridgehead atoms. The number of nitrogens with two attached hydrogens (primary N) is 1. The summed E-state index contributed by atoms with van der Waals surface area (Å²) in [4.78, 5) is 3.92. The first-order valence-electron chi connectivity index (χ1n) is 3.06. The minimum Gasteiger partial charge on any atom is -0.382 e. The summed E-state index contributed by atoms with van der Waals surface area (Å²) in [5.74, 6) is 0.526. The maximum absolute atomic E-state index is 5.44. The highest BCUT2D eigenvalue weighted by atomic mass is 32.1. The summed E-state index contributed by atoms with van der Waals surface area (Å²) in [6.45, 7) is 0. The average molecular weight is 166 g/mol. The molecule has 2 aromatic heterocycles. The molecule has 0 aliphatic rings. The average Bonchev–Trinajstić information content (AvgIpc) is 2.55. The Morgan fingerprint density at radius 3 is 3.00 bits per heavy atom. The highest BCUT2D eigenvalue weighted by Gasteiger charge is 1.97. The van der Waals surface area contributed by atoms with Gasteiger partial charge in [-0.25, -0.2) is 4.68 Å². The minimum atomic E-state index is 0.526. The lowest BCUT2D eigenvalue weighted by molar-refractivity contribution is 0.900. The Bertz CT molecular complexity index is 337. The van der Waals surface area contributed by atoms with Gasteiger partial charge >= 0.3 is 0 Å². The molecule has 4 nitrogen and oxygen atoms in total. The summed E-state index contributed by atoms with van der Waals surface area (Å²) < 4.78 is 1.70. The maximum Gasteiger partial charge on any atom is 0.145 e. The summed E-state index contributed by atoms with van der Waals surface area (Å²) in [7, 11) is 0. The van der Waals surface area contributed by atoms with Crippen molar-refractivity contribution in [3.8, 4) is 5.00 Å². The van der Waals surface area contributed by atoms with Gasteiger partial charge in [0.05, 0.1) is 11.7 Å². The van der Waals surface area contributed by atoms with Gasteiger partial charge in [0.2, 0.25) is 0 Å². The molecule has 2 rings (SSSR count). The SMILES string of the molecule is Nc1ccn(-c2cncs2)n1. The molecule has 0 amide bonds. The van der Waals surface area contributed by atoms with Crippen molar-refractivity contribution in [2.45, 2.75) is 0 Å². The molecule has 0 fully saturated rings. The molecule has 0 aliphatic carbocycles. The van der Waals surface area contributed by atoms with Crippen LogP contribution in [0.2, 0.25) is 0 Å². The van der Waals surface area contributed by atoms with Gasteiger partial charge in [-0.05, 0) is 0 Å². The van der Waals surface area contributed by atoms with Crippen LogP contribution in [0, 0.1) is 0 Å². The largest absolute Gasteiger partial charge is 0.382 e. The van der Waals surface area contributed by atoms with E-state index in [0.717, 1.165) is 5.00 Å². The van der Waals surface area contributed by atoms with Gasteiger partial charge in [-0.2, -0.15) is 0 Å². The number of aromatic nitrogens is 3. The van der Waals surface area contributed by atoms with E-state index in [4.69, 9.17) is 5.73 Å². The second-order valence-electron chi connectivity index (χ2n) is 2.02. The molecule has 0 aliphatic heterocycles. The lowest BCUT2D eigenvalue weighted by Crippen LogP contribution is -1.92. The lowest BCUT2D eigenvalue weighted by atomic mass is 10.7. The maximum atomic E-state index is 5.44. The van der Waals surface area contributed by atoms with Crippen molar-refractivity contribution in [3.05, 3.63) is 24.0 Å². The van der Waals surface area contributed by atoms with Crippen LogP contribution in [0.1, 0.15) is 0 Å². The third kappa shape index (κ3) is 1.10. The zero-order chi connectivity index (χ0) is 7.68. The van der Waals surface area contributed by atoms with E-state index in [1.54, 1.807) is 22.5 Å². The third-order valence-electron chi connectivity index (χ3n) is 1.25. The molecule has 0 saturated heterocycles. The first-order chi connectivity index (χ1) is 5.36. The summed E-state index contributed by atoms with van der Waals surface area (Å²) >= 11 is 1.52. The standard InChI is InChI=1S/C6H6N4S/c7-5-1-2-10(9-5)6-3-8-4-11-6/h1-4H,(H2,7,9). The van der Waals surface area contributed by atoms with Gasteiger partial charge in [0.15, 0.2) is 0 Å². The molecule has 5 heteroatoms. The van der Waals surface area contributed by atoms with E-state index in [0.29, 0.717) is 5.82 Å². The van der Waals surface area contributed by atoms with Gasteiger partial charge in [0.1, 0.15) is 10.8 Å². The van der Waals surface area contributed by atoms with Gasteiger partial charge in [-0.1, -0.05) is 0 Å². The Labute approximate surface area is 67.3 Å². The van der Waals surface area contributed by atoms with E-state index in [1.165, 1.54) is 11.3 Å². The van der Waals surface area contributed by atoms with E-state index < -0.39 is 0 Å². The Hall–Kier alpha value is -1.36. The Morgan fingerprint density at radius 1 is 1.55 bits per heavy atom. The molecule has 2 N–H and O–H groups in total. The van der Waals surface area contributed by atoms with Crippen LogP contribution in [-0.2, 0) is 0 Å². The van der Waals surface area contributed by atoms with Crippen molar-refractivity contribution in [2.24, 2.45) is 0 Å². The minimum absolute atomic E-state index is 0.526. The Balaban J connectivity index is 2.45. The molecular formula is C6H6N4S. The lowest BCUT2D eigenvalue weighted by Gasteiger charge is -1.91. The topological polar surface area (TPSA) is 56.7 Å². The number of hydrogen-bond donors (Lipinski definition) is 1. The summed E-state index contributed by atoms with van der Waals surface area (Å²) in [6, 6.07) is 1.75. The fourth-order valence-electron chi connectivity index (χ4n) is 0.783. The van der Waals surface area contributed by atoms with Crippen molar-refractivity contribution < 1.29 is 0 Å². The number of nitrogen functional groups attached to an aromatic ring is 1. The number of anilines is 1. The zero-order valence-electron chi connectivity index (χ0n) is 5.64. The molecule has 0 radical (unpaired) electrons. The van der Waals surface area contributed by atoms with Crippen LogP contribution in [0.4, 0.5) is 5.82 Å². The second kappa shape index (κ2) is 2.35. The van der Waals surface area contributed by atoms with Crippen LogP contribution < -0.4 is 5.73 Å². The summed E-state index contributed by atoms with van der Waals surface area (Å²) in [5, 5.41) is 4.99. The zero-order valence-corrected chi connectivity index (χ0v) is 6.45. The smallest absolute Gasteiger partial charge is 0.145 e. The van der Waals surface area contributed by atoms with Crippen LogP contribution in [0.5, 0.6) is 0 Å². The molecule has 0 atom stereocenters. The van der Waals surface area contributed by atoms with E-state index in [-0.39, 0.29) is 0 Å². The normalized spacial score (nSPS) is 10.2. The Morgan fingerprint density at radius 2 is 2.45 bits per heavy atom. The van der Waals surface area contributed by atoms with Crippen molar-refractivity contribution in [1.29, 1.82) is 0 Å². The van der Waals surface area contributed by atoms with Gasteiger partial charge in [-0.3, -0.25) is 4.98 Å².